The van der Waals surface area contributed by atoms with E-state index in [1.807, 2.05) is 56.3 Å². The Morgan fingerprint density at radius 3 is 2.37 bits per heavy atom. The minimum absolute atomic E-state index is 0.125. The van der Waals surface area contributed by atoms with E-state index in [0.717, 1.165) is 34.0 Å². The molecular formula is C24H31BrN2O3. The third-order valence-corrected chi connectivity index (χ3v) is 6.22. The molecule has 2 rings (SSSR count). The van der Waals surface area contributed by atoms with E-state index in [0.29, 0.717) is 18.8 Å². The summed E-state index contributed by atoms with van der Waals surface area (Å²) in [4.78, 5) is 27.2. The second kappa shape index (κ2) is 11.7. The van der Waals surface area contributed by atoms with E-state index in [9.17, 15) is 9.59 Å². The van der Waals surface area contributed by atoms with E-state index >= 15 is 0 Å². The van der Waals surface area contributed by atoms with Crippen molar-refractivity contribution in [3.05, 3.63) is 63.6 Å². The highest BCUT2D eigenvalue weighted by molar-refractivity contribution is 9.10. The van der Waals surface area contributed by atoms with Gasteiger partial charge in [0.15, 0.2) is 6.61 Å². The van der Waals surface area contributed by atoms with Crippen LogP contribution in [0.3, 0.4) is 0 Å². The lowest BCUT2D eigenvalue weighted by Crippen LogP contribution is -2.49. The molecule has 1 atom stereocenters. The molecule has 162 valence electrons. The molecule has 0 aliphatic rings. The normalized spacial score (nSPS) is 11.6. The highest BCUT2D eigenvalue weighted by Gasteiger charge is 2.26. The van der Waals surface area contributed by atoms with E-state index in [-0.39, 0.29) is 18.4 Å². The molecule has 0 fully saturated rings. The molecule has 2 aromatic carbocycles. The number of hydrogen-bond acceptors (Lipinski definition) is 3. The molecule has 30 heavy (non-hydrogen) atoms. The predicted octanol–water partition coefficient (Wildman–Crippen LogP) is 4.78. The summed E-state index contributed by atoms with van der Waals surface area (Å²) in [5.74, 6) is 0.263. The van der Waals surface area contributed by atoms with Gasteiger partial charge in [0.2, 0.25) is 5.91 Å². The first-order chi connectivity index (χ1) is 14.3. The summed E-state index contributed by atoms with van der Waals surface area (Å²) < 4.78 is 6.82. The minimum Gasteiger partial charge on any atom is -0.484 e. The van der Waals surface area contributed by atoms with Crippen LogP contribution in [0.5, 0.6) is 5.75 Å². The third kappa shape index (κ3) is 6.87. The maximum atomic E-state index is 13.0. The van der Waals surface area contributed by atoms with Gasteiger partial charge in [0.1, 0.15) is 11.8 Å². The van der Waals surface area contributed by atoms with E-state index in [4.69, 9.17) is 4.74 Å². The van der Waals surface area contributed by atoms with Gasteiger partial charge in [-0.15, -0.1) is 0 Å². The van der Waals surface area contributed by atoms with Crippen molar-refractivity contribution in [1.29, 1.82) is 0 Å². The Kier molecular flexibility index (Phi) is 9.37. The number of amides is 2. The number of aryl methyl sites for hydroxylation is 2. The molecule has 2 amide bonds. The smallest absolute Gasteiger partial charge is 0.261 e. The summed E-state index contributed by atoms with van der Waals surface area (Å²) in [7, 11) is 0. The van der Waals surface area contributed by atoms with Gasteiger partial charge < -0.3 is 15.0 Å². The highest BCUT2D eigenvalue weighted by atomic mass is 79.9. The number of nitrogens with zero attached hydrogens (tertiary/aromatic N) is 1. The summed E-state index contributed by atoms with van der Waals surface area (Å²) >= 11 is 3.54. The van der Waals surface area contributed by atoms with Gasteiger partial charge in [0.05, 0.1) is 0 Å². The van der Waals surface area contributed by atoms with Crippen molar-refractivity contribution in [1.82, 2.24) is 10.2 Å². The lowest BCUT2D eigenvalue weighted by Gasteiger charge is -2.28. The summed E-state index contributed by atoms with van der Waals surface area (Å²) in [6, 6.07) is 12.9. The maximum absolute atomic E-state index is 13.0. The highest BCUT2D eigenvalue weighted by Crippen LogP contribution is 2.26. The van der Waals surface area contributed by atoms with Gasteiger partial charge in [-0.05, 0) is 56.0 Å². The van der Waals surface area contributed by atoms with Gasteiger partial charge in [-0.25, -0.2) is 0 Å². The fourth-order valence-electron chi connectivity index (χ4n) is 3.12. The predicted molar refractivity (Wildman–Crippen MR) is 123 cm³/mol. The van der Waals surface area contributed by atoms with Gasteiger partial charge in [-0.3, -0.25) is 9.59 Å². The van der Waals surface area contributed by atoms with E-state index in [1.54, 1.807) is 11.8 Å². The fourth-order valence-corrected chi connectivity index (χ4v) is 3.35. The van der Waals surface area contributed by atoms with Crippen LogP contribution >= 0.6 is 15.9 Å². The number of ether oxygens (including phenoxy) is 1. The molecule has 0 aliphatic carbocycles. The van der Waals surface area contributed by atoms with Crippen LogP contribution in [0.2, 0.25) is 0 Å². The van der Waals surface area contributed by atoms with Crippen LogP contribution in [0.4, 0.5) is 0 Å². The van der Waals surface area contributed by atoms with Crippen LogP contribution in [0.15, 0.2) is 46.9 Å². The second-order valence-corrected chi connectivity index (χ2v) is 8.28. The zero-order chi connectivity index (χ0) is 22.1. The van der Waals surface area contributed by atoms with Gasteiger partial charge in [0.25, 0.3) is 5.91 Å². The number of unbranched alkanes of at least 4 members (excludes halogenated alkanes) is 1. The summed E-state index contributed by atoms with van der Waals surface area (Å²) in [6.45, 7) is 8.64. The molecule has 0 radical (unpaired) electrons. The monoisotopic (exact) mass is 474 g/mol. The topological polar surface area (TPSA) is 58.6 Å². The Morgan fingerprint density at radius 2 is 1.77 bits per heavy atom. The summed E-state index contributed by atoms with van der Waals surface area (Å²) in [6.07, 6.45) is 1.91. The number of halogens is 1. The van der Waals surface area contributed by atoms with E-state index < -0.39 is 6.04 Å². The van der Waals surface area contributed by atoms with Gasteiger partial charge in [0, 0.05) is 17.6 Å². The molecule has 1 N–H and O–H groups in total. The first-order valence-electron chi connectivity index (χ1n) is 10.3. The van der Waals surface area contributed by atoms with Crippen molar-refractivity contribution in [2.75, 3.05) is 13.2 Å². The van der Waals surface area contributed by atoms with Gasteiger partial charge >= 0.3 is 0 Å². The molecule has 6 heteroatoms. The average Bonchev–Trinajstić information content (AvgIpc) is 2.74. The van der Waals surface area contributed by atoms with Crippen molar-refractivity contribution in [2.24, 2.45) is 0 Å². The average molecular weight is 475 g/mol. The quantitative estimate of drug-likeness (QED) is 0.504. The van der Waals surface area contributed by atoms with Crippen molar-refractivity contribution in [3.8, 4) is 5.75 Å². The van der Waals surface area contributed by atoms with E-state index in [1.165, 1.54) is 0 Å². The maximum Gasteiger partial charge on any atom is 0.261 e. The standard InChI is InChI=1S/C24H31BrN2O3/c1-5-6-12-26-24(29)19(4)27(15-20-10-8-7-9-11-20)22(28)16-30-21-13-17(2)23(25)18(3)14-21/h7-11,13-14,19H,5-6,12,15-16H2,1-4H3,(H,26,29). The van der Waals surface area contributed by atoms with Crippen molar-refractivity contribution < 1.29 is 14.3 Å². The summed E-state index contributed by atoms with van der Waals surface area (Å²) in [5.41, 5.74) is 3.05. The molecule has 0 aliphatic heterocycles. The molecule has 0 saturated heterocycles. The van der Waals surface area contributed by atoms with Crippen molar-refractivity contribution >= 4 is 27.7 Å². The first kappa shape index (κ1) is 23.9. The van der Waals surface area contributed by atoms with E-state index in [2.05, 4.69) is 28.2 Å². The number of carbonyl (C=O) groups excluding carboxylic acids is 2. The Bertz CT molecular complexity index is 832. The number of carbonyl (C=O) groups is 2. The first-order valence-corrected chi connectivity index (χ1v) is 11.1. The number of benzene rings is 2. The Labute approximate surface area is 187 Å². The summed E-state index contributed by atoms with van der Waals surface area (Å²) in [5, 5.41) is 2.92. The number of hydrogen-bond donors (Lipinski definition) is 1. The SMILES string of the molecule is CCCCNC(=O)C(C)N(Cc1ccccc1)C(=O)COc1cc(C)c(Br)c(C)c1. The van der Waals surface area contributed by atoms with Crippen molar-refractivity contribution in [3.63, 3.8) is 0 Å². The van der Waals surface area contributed by atoms with Crippen LogP contribution in [0.1, 0.15) is 43.4 Å². The van der Waals surface area contributed by atoms with Crippen LogP contribution in [-0.4, -0.2) is 35.9 Å². The second-order valence-electron chi connectivity index (χ2n) is 7.49. The van der Waals surface area contributed by atoms with Crippen molar-refractivity contribution in [2.45, 2.75) is 53.1 Å². The molecule has 0 aromatic heterocycles. The molecule has 0 bridgehead atoms. The van der Waals surface area contributed by atoms with Crippen LogP contribution in [-0.2, 0) is 16.1 Å². The molecule has 0 heterocycles. The van der Waals surface area contributed by atoms with Crippen LogP contribution in [0, 0.1) is 13.8 Å². The third-order valence-electron chi connectivity index (χ3n) is 4.96. The molecular weight excluding hydrogens is 444 g/mol. The zero-order valence-corrected chi connectivity index (χ0v) is 19.8. The minimum atomic E-state index is -0.591. The largest absolute Gasteiger partial charge is 0.484 e. The zero-order valence-electron chi connectivity index (χ0n) is 18.2. The molecule has 0 spiro atoms. The number of rotatable bonds is 10. The van der Waals surface area contributed by atoms with Gasteiger partial charge in [-0.1, -0.05) is 59.6 Å². The van der Waals surface area contributed by atoms with Gasteiger partial charge in [-0.2, -0.15) is 0 Å². The fraction of sp³-hybridized carbons (Fsp3) is 0.417. The Hall–Kier alpha value is -2.34. The number of nitrogens with one attached hydrogen (secondary N) is 1. The Morgan fingerprint density at radius 1 is 1.13 bits per heavy atom. The lowest BCUT2D eigenvalue weighted by molar-refractivity contribution is -0.142. The van der Waals surface area contributed by atoms with Crippen LogP contribution in [0.25, 0.3) is 0 Å². The molecule has 5 nitrogen and oxygen atoms in total. The molecule has 0 saturated carbocycles. The molecule has 1 unspecified atom stereocenters. The Balaban J connectivity index is 2.12. The van der Waals surface area contributed by atoms with Crippen LogP contribution < -0.4 is 10.1 Å². The molecule has 2 aromatic rings. The lowest BCUT2D eigenvalue weighted by atomic mass is 10.1.